The largest absolute Gasteiger partial charge is 0.497 e. The predicted octanol–water partition coefficient (Wildman–Crippen LogP) is 5.26. The summed E-state index contributed by atoms with van der Waals surface area (Å²) in [6, 6.07) is 23.9. The standard InChI is InChI=1S/C24H19NO4/c1-27-19-12-8-16(9-13-19)21-23(18-10-14-20(28-2)15-11-18)29-24(25-21)22(26)17-6-4-3-5-7-17/h3-15H,1-2H3. The van der Waals surface area contributed by atoms with Gasteiger partial charge in [-0.1, -0.05) is 30.3 Å². The Morgan fingerprint density at radius 3 is 1.86 bits per heavy atom. The number of nitrogens with zero attached hydrogens (tertiary/aromatic N) is 1. The molecule has 0 radical (unpaired) electrons. The summed E-state index contributed by atoms with van der Waals surface area (Å²) >= 11 is 0. The fourth-order valence-corrected chi connectivity index (χ4v) is 3.01. The quantitative estimate of drug-likeness (QED) is 0.424. The smallest absolute Gasteiger partial charge is 0.269 e. The molecule has 4 aromatic rings. The lowest BCUT2D eigenvalue weighted by Crippen LogP contribution is -2.01. The third kappa shape index (κ3) is 3.75. The second-order valence-electron chi connectivity index (χ2n) is 6.35. The fourth-order valence-electron chi connectivity index (χ4n) is 3.01. The Bertz CT molecular complexity index is 1050. The molecular formula is C24H19NO4. The number of ether oxygens (including phenoxy) is 2. The highest BCUT2D eigenvalue weighted by molar-refractivity contribution is 6.06. The van der Waals surface area contributed by atoms with Crippen LogP contribution in [0.5, 0.6) is 11.5 Å². The van der Waals surface area contributed by atoms with Gasteiger partial charge in [-0.2, -0.15) is 0 Å². The SMILES string of the molecule is COc1ccc(-c2nc(C(=O)c3ccccc3)oc2-c2ccc(OC)cc2)cc1. The second kappa shape index (κ2) is 8.02. The van der Waals surface area contributed by atoms with E-state index in [-0.39, 0.29) is 11.7 Å². The fraction of sp³-hybridized carbons (Fsp3) is 0.0833. The molecule has 3 aromatic carbocycles. The van der Waals surface area contributed by atoms with Crippen molar-refractivity contribution >= 4 is 5.78 Å². The summed E-state index contributed by atoms with van der Waals surface area (Å²) < 4.78 is 16.4. The van der Waals surface area contributed by atoms with Crippen molar-refractivity contribution in [3.8, 4) is 34.1 Å². The molecule has 0 atom stereocenters. The number of benzene rings is 3. The third-order valence-corrected chi connectivity index (χ3v) is 4.57. The monoisotopic (exact) mass is 385 g/mol. The molecule has 0 fully saturated rings. The Morgan fingerprint density at radius 1 is 0.759 bits per heavy atom. The van der Waals surface area contributed by atoms with Crippen molar-refractivity contribution < 1.29 is 18.7 Å². The molecule has 0 N–H and O–H groups in total. The van der Waals surface area contributed by atoms with Gasteiger partial charge in [0.15, 0.2) is 5.76 Å². The number of hydrogen-bond donors (Lipinski definition) is 0. The van der Waals surface area contributed by atoms with Gasteiger partial charge in [-0.3, -0.25) is 4.79 Å². The van der Waals surface area contributed by atoms with Crippen molar-refractivity contribution in [3.63, 3.8) is 0 Å². The first kappa shape index (κ1) is 18.5. The molecule has 0 saturated carbocycles. The second-order valence-corrected chi connectivity index (χ2v) is 6.35. The molecule has 0 saturated heterocycles. The zero-order chi connectivity index (χ0) is 20.2. The van der Waals surface area contributed by atoms with E-state index in [1.54, 1.807) is 26.4 Å². The Labute approximate surface area is 168 Å². The topological polar surface area (TPSA) is 61.6 Å². The molecular weight excluding hydrogens is 366 g/mol. The van der Waals surface area contributed by atoms with Gasteiger partial charge in [0.25, 0.3) is 5.89 Å². The number of rotatable bonds is 6. The third-order valence-electron chi connectivity index (χ3n) is 4.57. The van der Waals surface area contributed by atoms with Gasteiger partial charge in [-0.05, 0) is 48.5 Å². The van der Waals surface area contributed by atoms with E-state index in [0.29, 0.717) is 17.0 Å². The highest BCUT2D eigenvalue weighted by atomic mass is 16.5. The summed E-state index contributed by atoms with van der Waals surface area (Å²) in [7, 11) is 3.23. The van der Waals surface area contributed by atoms with Crippen LogP contribution in [-0.4, -0.2) is 25.0 Å². The average Bonchev–Trinajstić information content (AvgIpc) is 3.24. The highest BCUT2D eigenvalue weighted by Crippen LogP contribution is 2.34. The molecule has 0 bridgehead atoms. The van der Waals surface area contributed by atoms with Crippen LogP contribution in [0, 0.1) is 0 Å². The van der Waals surface area contributed by atoms with Gasteiger partial charge in [0, 0.05) is 16.7 Å². The summed E-state index contributed by atoms with van der Waals surface area (Å²) in [5.41, 5.74) is 2.75. The van der Waals surface area contributed by atoms with Crippen molar-refractivity contribution in [1.29, 1.82) is 0 Å². The van der Waals surface area contributed by atoms with E-state index >= 15 is 0 Å². The molecule has 0 spiro atoms. The summed E-state index contributed by atoms with van der Waals surface area (Å²) in [6.45, 7) is 0. The van der Waals surface area contributed by atoms with Gasteiger partial charge in [-0.15, -0.1) is 0 Å². The summed E-state index contributed by atoms with van der Waals surface area (Å²) in [6.07, 6.45) is 0. The molecule has 0 aliphatic carbocycles. The molecule has 1 heterocycles. The zero-order valence-electron chi connectivity index (χ0n) is 16.1. The number of aromatic nitrogens is 1. The van der Waals surface area contributed by atoms with Crippen molar-refractivity contribution in [2.24, 2.45) is 0 Å². The van der Waals surface area contributed by atoms with Crippen LogP contribution in [0.1, 0.15) is 16.2 Å². The Balaban J connectivity index is 1.82. The molecule has 5 heteroatoms. The molecule has 0 aliphatic heterocycles. The van der Waals surface area contributed by atoms with Gasteiger partial charge in [0.2, 0.25) is 5.78 Å². The average molecular weight is 385 g/mol. The van der Waals surface area contributed by atoms with Crippen LogP contribution in [0.15, 0.2) is 83.3 Å². The molecule has 29 heavy (non-hydrogen) atoms. The molecule has 0 amide bonds. The van der Waals surface area contributed by atoms with Crippen LogP contribution in [-0.2, 0) is 0 Å². The molecule has 1 aromatic heterocycles. The first-order chi connectivity index (χ1) is 14.2. The number of carbonyl (C=O) groups excluding carboxylic acids is 1. The van der Waals surface area contributed by atoms with Gasteiger partial charge < -0.3 is 13.9 Å². The number of ketones is 1. The van der Waals surface area contributed by atoms with Crippen LogP contribution in [0.4, 0.5) is 0 Å². The van der Waals surface area contributed by atoms with Crippen molar-refractivity contribution in [2.45, 2.75) is 0 Å². The number of carbonyl (C=O) groups is 1. The minimum Gasteiger partial charge on any atom is -0.497 e. The first-order valence-corrected chi connectivity index (χ1v) is 9.09. The van der Waals surface area contributed by atoms with E-state index in [1.165, 1.54) is 0 Å². The van der Waals surface area contributed by atoms with E-state index in [9.17, 15) is 4.79 Å². The van der Waals surface area contributed by atoms with Crippen LogP contribution in [0.3, 0.4) is 0 Å². The van der Waals surface area contributed by atoms with Crippen molar-refractivity contribution in [3.05, 3.63) is 90.3 Å². The van der Waals surface area contributed by atoms with E-state index in [1.807, 2.05) is 66.7 Å². The van der Waals surface area contributed by atoms with E-state index in [4.69, 9.17) is 13.9 Å². The number of hydrogen-bond acceptors (Lipinski definition) is 5. The summed E-state index contributed by atoms with van der Waals surface area (Å²) in [5, 5.41) is 0. The number of methoxy groups -OCH3 is 2. The van der Waals surface area contributed by atoms with Gasteiger partial charge in [0.1, 0.15) is 17.2 Å². The zero-order valence-corrected chi connectivity index (χ0v) is 16.1. The van der Waals surface area contributed by atoms with E-state index in [2.05, 4.69) is 4.98 Å². The lowest BCUT2D eigenvalue weighted by Gasteiger charge is -2.04. The maximum absolute atomic E-state index is 12.9. The lowest BCUT2D eigenvalue weighted by molar-refractivity contribution is 0.100. The predicted molar refractivity (Wildman–Crippen MR) is 110 cm³/mol. The van der Waals surface area contributed by atoms with Crippen LogP contribution in [0.25, 0.3) is 22.6 Å². The minimum absolute atomic E-state index is 0.0489. The highest BCUT2D eigenvalue weighted by Gasteiger charge is 2.22. The van der Waals surface area contributed by atoms with Crippen LogP contribution < -0.4 is 9.47 Å². The normalized spacial score (nSPS) is 10.6. The van der Waals surface area contributed by atoms with Gasteiger partial charge in [0.05, 0.1) is 14.2 Å². The molecule has 0 aliphatic rings. The molecule has 5 nitrogen and oxygen atoms in total. The molecule has 144 valence electrons. The maximum Gasteiger partial charge on any atom is 0.269 e. The Hall–Kier alpha value is -3.86. The minimum atomic E-state index is -0.264. The summed E-state index contributed by atoms with van der Waals surface area (Å²) in [5.74, 6) is 1.79. The Kier molecular flexibility index (Phi) is 5.12. The van der Waals surface area contributed by atoms with Crippen LogP contribution in [0.2, 0.25) is 0 Å². The van der Waals surface area contributed by atoms with Gasteiger partial charge in [-0.25, -0.2) is 4.98 Å². The van der Waals surface area contributed by atoms with Gasteiger partial charge >= 0.3 is 0 Å². The first-order valence-electron chi connectivity index (χ1n) is 9.09. The molecule has 4 rings (SSSR count). The van der Waals surface area contributed by atoms with Crippen molar-refractivity contribution in [2.75, 3.05) is 14.2 Å². The maximum atomic E-state index is 12.9. The lowest BCUT2D eigenvalue weighted by atomic mass is 10.1. The van der Waals surface area contributed by atoms with Crippen LogP contribution >= 0.6 is 0 Å². The molecule has 0 unspecified atom stereocenters. The Morgan fingerprint density at radius 2 is 1.31 bits per heavy atom. The van der Waals surface area contributed by atoms with Crippen molar-refractivity contribution in [1.82, 2.24) is 4.98 Å². The summed E-state index contributed by atoms with van der Waals surface area (Å²) in [4.78, 5) is 17.4. The van der Waals surface area contributed by atoms with E-state index < -0.39 is 0 Å². The number of oxazole rings is 1. The van der Waals surface area contributed by atoms with E-state index in [0.717, 1.165) is 22.6 Å².